The smallest absolute Gasteiger partial charge is 0.243 e. The molecule has 25 heavy (non-hydrogen) atoms. The third-order valence-corrected chi connectivity index (χ3v) is 6.22. The number of fused-ring (bicyclic) bond motifs is 1. The average molecular weight is 368 g/mol. The van der Waals surface area contributed by atoms with Gasteiger partial charge in [0.1, 0.15) is 13.2 Å². The molecule has 1 aromatic rings. The Bertz CT molecular complexity index is 739. The van der Waals surface area contributed by atoms with E-state index in [-0.39, 0.29) is 10.8 Å². The Kier molecular flexibility index (Phi) is 5.19. The van der Waals surface area contributed by atoms with E-state index in [1.165, 1.54) is 10.4 Å². The number of nitrogens with zero attached hydrogens (tertiary/aromatic N) is 2. The van der Waals surface area contributed by atoms with Crippen LogP contribution in [0.2, 0.25) is 0 Å². The standard InChI is InChI=1S/C17H24N2O5S/c1-13(2)11-17(20)18-5-7-19(8-6-18)25(21,22)14-3-4-15-16(12-14)24-10-9-23-15/h3-4,12-13H,5-11H2,1-2H3. The minimum Gasteiger partial charge on any atom is -0.486 e. The third-order valence-electron chi connectivity index (χ3n) is 4.33. The summed E-state index contributed by atoms with van der Waals surface area (Å²) in [6, 6.07) is 4.68. The Labute approximate surface area is 148 Å². The van der Waals surface area contributed by atoms with Gasteiger partial charge in [0, 0.05) is 38.7 Å². The van der Waals surface area contributed by atoms with Gasteiger partial charge in [0.15, 0.2) is 11.5 Å². The molecule has 0 bridgehead atoms. The van der Waals surface area contributed by atoms with Crippen LogP contribution in [0.3, 0.4) is 0 Å². The Morgan fingerprint density at radius 2 is 1.72 bits per heavy atom. The van der Waals surface area contributed by atoms with Gasteiger partial charge in [-0.3, -0.25) is 4.79 Å². The molecule has 138 valence electrons. The van der Waals surface area contributed by atoms with Gasteiger partial charge in [-0.15, -0.1) is 0 Å². The monoisotopic (exact) mass is 368 g/mol. The number of sulfonamides is 1. The molecule has 1 saturated heterocycles. The van der Waals surface area contributed by atoms with Gasteiger partial charge in [-0.25, -0.2) is 8.42 Å². The first kappa shape index (κ1) is 18.0. The third kappa shape index (κ3) is 3.90. The van der Waals surface area contributed by atoms with Crippen molar-refractivity contribution in [3.63, 3.8) is 0 Å². The van der Waals surface area contributed by atoms with Gasteiger partial charge in [0.2, 0.25) is 15.9 Å². The van der Waals surface area contributed by atoms with Gasteiger partial charge in [0.05, 0.1) is 4.90 Å². The molecular formula is C17H24N2O5S. The lowest BCUT2D eigenvalue weighted by Crippen LogP contribution is -2.50. The molecule has 2 heterocycles. The van der Waals surface area contributed by atoms with Crippen molar-refractivity contribution in [1.82, 2.24) is 9.21 Å². The fraction of sp³-hybridized carbons (Fsp3) is 0.588. The summed E-state index contributed by atoms with van der Waals surface area (Å²) in [6.45, 7) is 6.34. The lowest BCUT2D eigenvalue weighted by atomic mass is 10.1. The molecule has 0 aromatic heterocycles. The van der Waals surface area contributed by atoms with E-state index in [0.29, 0.717) is 63.2 Å². The van der Waals surface area contributed by atoms with E-state index in [0.717, 1.165) is 0 Å². The molecule has 1 fully saturated rings. The molecular weight excluding hydrogens is 344 g/mol. The average Bonchev–Trinajstić information content (AvgIpc) is 2.61. The van der Waals surface area contributed by atoms with Crippen molar-refractivity contribution in [2.75, 3.05) is 39.4 Å². The van der Waals surface area contributed by atoms with Crippen LogP contribution >= 0.6 is 0 Å². The summed E-state index contributed by atoms with van der Waals surface area (Å²) in [5.41, 5.74) is 0. The number of piperazine rings is 1. The van der Waals surface area contributed by atoms with Crippen LogP contribution in [0.5, 0.6) is 11.5 Å². The molecule has 0 saturated carbocycles. The van der Waals surface area contributed by atoms with Crippen LogP contribution in [-0.4, -0.2) is 62.9 Å². The summed E-state index contributed by atoms with van der Waals surface area (Å²) < 4.78 is 38.0. The predicted molar refractivity (Wildman–Crippen MR) is 92.2 cm³/mol. The molecule has 0 unspecified atom stereocenters. The van der Waals surface area contributed by atoms with E-state index in [9.17, 15) is 13.2 Å². The van der Waals surface area contributed by atoms with Crippen LogP contribution in [-0.2, 0) is 14.8 Å². The number of hydrogen-bond donors (Lipinski definition) is 0. The van der Waals surface area contributed by atoms with Crippen LogP contribution in [0.15, 0.2) is 23.1 Å². The number of carbonyl (C=O) groups is 1. The van der Waals surface area contributed by atoms with Gasteiger partial charge in [-0.1, -0.05) is 13.8 Å². The van der Waals surface area contributed by atoms with Crippen molar-refractivity contribution in [2.24, 2.45) is 5.92 Å². The van der Waals surface area contributed by atoms with Crippen molar-refractivity contribution in [2.45, 2.75) is 25.2 Å². The Hall–Kier alpha value is -1.80. The highest BCUT2D eigenvalue weighted by atomic mass is 32.2. The van der Waals surface area contributed by atoms with E-state index < -0.39 is 10.0 Å². The van der Waals surface area contributed by atoms with E-state index >= 15 is 0 Å². The quantitative estimate of drug-likeness (QED) is 0.802. The Balaban J connectivity index is 1.69. The first-order valence-corrected chi connectivity index (χ1v) is 9.99. The number of benzene rings is 1. The maximum atomic E-state index is 12.9. The lowest BCUT2D eigenvalue weighted by Gasteiger charge is -2.34. The van der Waals surface area contributed by atoms with Crippen molar-refractivity contribution in [3.05, 3.63) is 18.2 Å². The van der Waals surface area contributed by atoms with Crippen LogP contribution in [0.25, 0.3) is 0 Å². The van der Waals surface area contributed by atoms with Crippen LogP contribution in [0.4, 0.5) is 0 Å². The second-order valence-corrected chi connectivity index (χ2v) is 8.63. The molecule has 0 aliphatic carbocycles. The number of amides is 1. The highest BCUT2D eigenvalue weighted by molar-refractivity contribution is 7.89. The fourth-order valence-electron chi connectivity index (χ4n) is 2.99. The Morgan fingerprint density at radius 3 is 2.36 bits per heavy atom. The first-order valence-electron chi connectivity index (χ1n) is 8.55. The fourth-order valence-corrected chi connectivity index (χ4v) is 4.43. The summed E-state index contributed by atoms with van der Waals surface area (Å²) in [4.78, 5) is 14.1. The number of carbonyl (C=O) groups excluding carboxylic acids is 1. The summed E-state index contributed by atoms with van der Waals surface area (Å²) in [6.07, 6.45) is 0.495. The van der Waals surface area contributed by atoms with Gasteiger partial charge < -0.3 is 14.4 Å². The molecule has 0 spiro atoms. The highest BCUT2D eigenvalue weighted by Gasteiger charge is 2.31. The van der Waals surface area contributed by atoms with Crippen molar-refractivity contribution >= 4 is 15.9 Å². The van der Waals surface area contributed by atoms with Crippen LogP contribution < -0.4 is 9.47 Å². The molecule has 0 radical (unpaired) electrons. The van der Waals surface area contributed by atoms with Gasteiger partial charge in [0.25, 0.3) is 0 Å². The number of ether oxygens (including phenoxy) is 2. The normalized spacial score (nSPS) is 18.4. The molecule has 3 rings (SSSR count). The lowest BCUT2D eigenvalue weighted by molar-refractivity contribution is -0.133. The van der Waals surface area contributed by atoms with Gasteiger partial charge >= 0.3 is 0 Å². The largest absolute Gasteiger partial charge is 0.486 e. The molecule has 8 heteroatoms. The zero-order valence-electron chi connectivity index (χ0n) is 14.6. The van der Waals surface area contributed by atoms with Crippen molar-refractivity contribution < 1.29 is 22.7 Å². The molecule has 0 N–H and O–H groups in total. The van der Waals surface area contributed by atoms with E-state index in [1.54, 1.807) is 17.0 Å². The summed E-state index contributed by atoms with van der Waals surface area (Å²) in [7, 11) is -3.61. The topological polar surface area (TPSA) is 76.2 Å². The molecule has 0 atom stereocenters. The van der Waals surface area contributed by atoms with Crippen molar-refractivity contribution in [3.8, 4) is 11.5 Å². The maximum absolute atomic E-state index is 12.9. The maximum Gasteiger partial charge on any atom is 0.243 e. The molecule has 2 aliphatic heterocycles. The van der Waals surface area contributed by atoms with E-state index in [1.807, 2.05) is 13.8 Å². The van der Waals surface area contributed by atoms with Crippen molar-refractivity contribution in [1.29, 1.82) is 0 Å². The molecule has 7 nitrogen and oxygen atoms in total. The zero-order valence-corrected chi connectivity index (χ0v) is 15.4. The molecule has 1 amide bonds. The predicted octanol–water partition coefficient (Wildman–Crippen LogP) is 1.34. The minimum absolute atomic E-state index is 0.0892. The summed E-state index contributed by atoms with van der Waals surface area (Å²) in [5, 5.41) is 0. The number of hydrogen-bond acceptors (Lipinski definition) is 5. The highest BCUT2D eigenvalue weighted by Crippen LogP contribution is 2.33. The second kappa shape index (κ2) is 7.21. The SMILES string of the molecule is CC(C)CC(=O)N1CCN(S(=O)(=O)c2ccc3c(c2)OCCO3)CC1. The second-order valence-electron chi connectivity index (χ2n) is 6.69. The molecule has 2 aliphatic rings. The van der Waals surface area contributed by atoms with Gasteiger partial charge in [-0.05, 0) is 18.1 Å². The zero-order chi connectivity index (χ0) is 18.0. The summed E-state index contributed by atoms with van der Waals surface area (Å²) >= 11 is 0. The van der Waals surface area contributed by atoms with E-state index in [4.69, 9.17) is 9.47 Å². The molecule has 1 aromatic carbocycles. The Morgan fingerprint density at radius 1 is 1.08 bits per heavy atom. The summed E-state index contributed by atoms with van der Waals surface area (Å²) in [5.74, 6) is 1.41. The van der Waals surface area contributed by atoms with Crippen LogP contribution in [0, 0.1) is 5.92 Å². The van der Waals surface area contributed by atoms with Crippen LogP contribution in [0.1, 0.15) is 20.3 Å². The van der Waals surface area contributed by atoms with E-state index in [2.05, 4.69) is 0 Å². The minimum atomic E-state index is -3.61. The van der Waals surface area contributed by atoms with Gasteiger partial charge in [-0.2, -0.15) is 4.31 Å². The first-order chi connectivity index (χ1) is 11.9. The number of rotatable bonds is 4.